The largest absolute Gasteiger partial charge is 0.467 e. The zero-order valence-corrected chi connectivity index (χ0v) is 11.9. The van der Waals surface area contributed by atoms with E-state index in [2.05, 4.69) is 14.9 Å². The molecule has 19 heavy (non-hydrogen) atoms. The lowest BCUT2D eigenvalue weighted by molar-refractivity contribution is -0.145. The summed E-state index contributed by atoms with van der Waals surface area (Å²) in [5, 5.41) is 2.43. The number of carbonyl (C=O) groups excluding carboxylic acids is 2. The van der Waals surface area contributed by atoms with Crippen molar-refractivity contribution in [3.05, 3.63) is 23.6 Å². The lowest BCUT2D eigenvalue weighted by atomic mass is 10.0. The first-order valence-electron chi connectivity index (χ1n) is 5.75. The van der Waals surface area contributed by atoms with Crippen LogP contribution in [0.4, 0.5) is 4.79 Å². The van der Waals surface area contributed by atoms with Crippen LogP contribution < -0.4 is 5.32 Å². The predicted octanol–water partition coefficient (Wildman–Crippen LogP) is 1.92. The molecule has 6 heteroatoms. The molecule has 1 amide bonds. The molecular formula is C13H20N2O4. The van der Waals surface area contributed by atoms with E-state index in [-0.39, 0.29) is 6.54 Å². The van der Waals surface area contributed by atoms with Crippen LogP contribution >= 0.6 is 0 Å². The van der Waals surface area contributed by atoms with Crippen molar-refractivity contribution in [3.8, 4) is 0 Å². The highest BCUT2D eigenvalue weighted by Crippen LogP contribution is 2.12. The van der Waals surface area contributed by atoms with Gasteiger partial charge in [0.05, 0.1) is 7.11 Å². The second kappa shape index (κ2) is 6.78. The quantitative estimate of drug-likeness (QED) is 0.480. The molecule has 0 saturated carbocycles. The Bertz CT molecular complexity index is 404. The van der Waals surface area contributed by atoms with Gasteiger partial charge in [-0.15, -0.1) is 0 Å². The number of carbonyl (C=O) groups is 2. The first kappa shape index (κ1) is 17.0. The van der Waals surface area contributed by atoms with E-state index in [4.69, 9.17) is 11.3 Å². The van der Waals surface area contributed by atoms with Crippen LogP contribution in [0.2, 0.25) is 0 Å². The molecule has 0 aliphatic heterocycles. The number of ether oxygens (including phenoxy) is 2. The Kier molecular flexibility index (Phi) is 6.06. The van der Waals surface area contributed by atoms with E-state index >= 15 is 0 Å². The highest BCUT2D eigenvalue weighted by molar-refractivity contribution is 5.87. The monoisotopic (exact) mass is 268 g/mol. The molecule has 0 aliphatic carbocycles. The second-order valence-corrected chi connectivity index (χ2v) is 5.06. The van der Waals surface area contributed by atoms with Gasteiger partial charge < -0.3 is 19.6 Å². The lowest BCUT2D eigenvalue weighted by Gasteiger charge is -2.27. The molecule has 1 atom stereocenters. The number of hydrogen-bond donors (Lipinski definition) is 1. The Morgan fingerprint density at radius 2 is 1.89 bits per heavy atom. The Hall–Kier alpha value is -2.03. The molecule has 0 spiro atoms. The van der Waals surface area contributed by atoms with Gasteiger partial charge in [-0.1, -0.05) is 0 Å². The highest BCUT2D eigenvalue weighted by atomic mass is 16.6. The van der Waals surface area contributed by atoms with Crippen LogP contribution in [-0.4, -0.2) is 36.9 Å². The smallest absolute Gasteiger partial charge is 0.408 e. The summed E-state index contributed by atoms with van der Waals surface area (Å²) < 4.78 is 9.72. The molecular weight excluding hydrogens is 248 g/mol. The van der Waals surface area contributed by atoms with Crippen LogP contribution in [0.15, 0.2) is 12.2 Å². The van der Waals surface area contributed by atoms with Crippen LogP contribution in [0.25, 0.3) is 4.85 Å². The van der Waals surface area contributed by atoms with Gasteiger partial charge in [0.2, 0.25) is 6.54 Å². The minimum absolute atomic E-state index is 0.114. The van der Waals surface area contributed by atoms with E-state index in [0.29, 0.717) is 0 Å². The van der Waals surface area contributed by atoms with E-state index < -0.39 is 23.2 Å². The predicted molar refractivity (Wildman–Crippen MR) is 70.4 cm³/mol. The summed E-state index contributed by atoms with van der Waals surface area (Å²) in [6, 6.07) is 0. The van der Waals surface area contributed by atoms with Crippen molar-refractivity contribution in [2.24, 2.45) is 0 Å². The maximum absolute atomic E-state index is 11.7. The molecule has 1 unspecified atom stereocenters. The van der Waals surface area contributed by atoms with Crippen molar-refractivity contribution >= 4 is 12.1 Å². The second-order valence-electron chi connectivity index (χ2n) is 5.06. The molecule has 0 fully saturated rings. The molecule has 0 rings (SSSR count). The molecule has 0 heterocycles. The van der Waals surface area contributed by atoms with Crippen molar-refractivity contribution in [1.29, 1.82) is 0 Å². The van der Waals surface area contributed by atoms with E-state index in [9.17, 15) is 9.59 Å². The van der Waals surface area contributed by atoms with Crippen molar-refractivity contribution in [2.75, 3.05) is 13.7 Å². The summed E-state index contributed by atoms with van der Waals surface area (Å²) >= 11 is 0. The van der Waals surface area contributed by atoms with Gasteiger partial charge in [0.1, 0.15) is 5.60 Å². The van der Waals surface area contributed by atoms with Crippen molar-refractivity contribution < 1.29 is 19.1 Å². The third-order valence-electron chi connectivity index (χ3n) is 2.02. The molecule has 0 aromatic heterocycles. The summed E-state index contributed by atoms with van der Waals surface area (Å²) in [4.78, 5) is 26.5. The highest BCUT2D eigenvalue weighted by Gasteiger charge is 2.35. The van der Waals surface area contributed by atoms with E-state index in [0.717, 1.165) is 0 Å². The minimum atomic E-state index is -1.36. The summed E-state index contributed by atoms with van der Waals surface area (Å²) in [7, 11) is 1.22. The summed E-state index contributed by atoms with van der Waals surface area (Å²) in [6.45, 7) is 13.4. The molecule has 0 aliphatic rings. The fourth-order valence-electron chi connectivity index (χ4n) is 1.23. The van der Waals surface area contributed by atoms with Gasteiger partial charge in [-0.25, -0.2) is 16.2 Å². The molecule has 0 saturated heterocycles. The average Bonchev–Trinajstić information content (AvgIpc) is 2.25. The van der Waals surface area contributed by atoms with Crippen LogP contribution in [0, 0.1) is 6.57 Å². The zero-order chi connectivity index (χ0) is 15.1. The third kappa shape index (κ3) is 6.46. The molecule has 0 bridgehead atoms. The fraction of sp³-hybridized carbons (Fsp3) is 0.615. The van der Waals surface area contributed by atoms with Crippen molar-refractivity contribution in [1.82, 2.24) is 5.32 Å². The summed E-state index contributed by atoms with van der Waals surface area (Å²) in [6.07, 6.45) is 2.18. The lowest BCUT2D eigenvalue weighted by Crippen LogP contribution is -2.52. The fourth-order valence-corrected chi connectivity index (χ4v) is 1.23. The molecule has 1 N–H and O–H groups in total. The number of rotatable bonds is 4. The van der Waals surface area contributed by atoms with E-state index in [1.165, 1.54) is 26.2 Å². The van der Waals surface area contributed by atoms with Crippen LogP contribution in [-0.2, 0) is 14.3 Å². The number of nitrogens with one attached hydrogen (secondary N) is 1. The van der Waals surface area contributed by atoms with E-state index in [1.807, 2.05) is 0 Å². The van der Waals surface area contributed by atoms with Crippen molar-refractivity contribution in [3.63, 3.8) is 0 Å². The maximum atomic E-state index is 11.7. The van der Waals surface area contributed by atoms with Gasteiger partial charge >= 0.3 is 12.1 Å². The average molecular weight is 268 g/mol. The SMILES string of the molecule is [C-]#[N+]C/C=C\C(C)(NC(=O)OC(C)(C)C)C(=O)OC. The number of nitrogens with zero attached hydrogens (tertiary/aromatic N) is 1. The van der Waals surface area contributed by atoms with Crippen LogP contribution in [0.5, 0.6) is 0 Å². The van der Waals surface area contributed by atoms with Gasteiger partial charge in [0.25, 0.3) is 0 Å². The van der Waals surface area contributed by atoms with Gasteiger partial charge in [0.15, 0.2) is 5.54 Å². The standard InChI is InChI=1S/C13H20N2O4/c1-12(2,3)19-11(17)15-13(4,10(16)18-6)8-7-9-14-5/h7-8H,9H2,1-4,6H3,(H,15,17)/b8-7-. The number of hydrogen-bond acceptors (Lipinski definition) is 4. The Labute approximate surface area is 113 Å². The Morgan fingerprint density at radius 1 is 1.32 bits per heavy atom. The molecule has 0 aromatic carbocycles. The normalized spacial score (nSPS) is 14.3. The third-order valence-corrected chi connectivity index (χ3v) is 2.02. The number of amides is 1. The van der Waals surface area contributed by atoms with Crippen molar-refractivity contribution in [2.45, 2.75) is 38.8 Å². The molecule has 106 valence electrons. The molecule has 0 aromatic rings. The van der Waals surface area contributed by atoms with Gasteiger partial charge in [-0.05, 0) is 39.8 Å². The van der Waals surface area contributed by atoms with E-state index in [1.54, 1.807) is 20.8 Å². The first-order valence-corrected chi connectivity index (χ1v) is 5.75. The van der Waals surface area contributed by atoms with Gasteiger partial charge in [-0.2, -0.15) is 0 Å². The summed E-state index contributed by atoms with van der Waals surface area (Å²) in [5.41, 5.74) is -2.02. The van der Waals surface area contributed by atoms with Gasteiger partial charge in [-0.3, -0.25) is 0 Å². The summed E-state index contributed by atoms with van der Waals surface area (Å²) in [5.74, 6) is -0.639. The topological polar surface area (TPSA) is 69.0 Å². The van der Waals surface area contributed by atoms with Gasteiger partial charge in [0, 0.05) is 0 Å². The molecule has 0 radical (unpaired) electrons. The number of esters is 1. The molecule has 6 nitrogen and oxygen atoms in total. The Balaban J connectivity index is 4.93. The first-order chi connectivity index (χ1) is 8.64. The number of alkyl carbamates (subject to hydrolysis) is 1. The van der Waals surface area contributed by atoms with Crippen LogP contribution in [0.3, 0.4) is 0 Å². The number of methoxy groups -OCH3 is 1. The van der Waals surface area contributed by atoms with Crippen LogP contribution in [0.1, 0.15) is 27.7 Å². The minimum Gasteiger partial charge on any atom is -0.467 e. The maximum Gasteiger partial charge on any atom is 0.408 e. The Morgan fingerprint density at radius 3 is 2.32 bits per heavy atom. The zero-order valence-electron chi connectivity index (χ0n) is 11.9.